The monoisotopic (exact) mass is 655 g/mol. The van der Waals surface area contributed by atoms with Crippen LogP contribution in [0.3, 0.4) is 0 Å². The second-order valence-electron chi connectivity index (χ2n) is 12.6. The number of nitrogens with zero attached hydrogens (tertiary/aromatic N) is 2. The first-order chi connectivity index (χ1) is 27.3. The van der Waals surface area contributed by atoms with Crippen molar-refractivity contribution in [3.8, 4) is 56.2 Å². The average molecular weight is 656 g/mol. The van der Waals surface area contributed by atoms with Gasteiger partial charge in [-0.15, -0.1) is 0 Å². The Morgan fingerprint density at radius 1 is 0.412 bits per heavy atom. The number of rotatable bonds is 5. The Bertz CT molecular complexity index is 3160. The molecule has 10 rings (SSSR count). The summed E-state index contributed by atoms with van der Waals surface area (Å²) in [7, 11) is 0. The van der Waals surface area contributed by atoms with Crippen LogP contribution in [0, 0.1) is 0 Å². The summed E-state index contributed by atoms with van der Waals surface area (Å²) >= 11 is 0. The lowest BCUT2D eigenvalue weighted by atomic mass is 9.93. The zero-order valence-corrected chi connectivity index (χ0v) is 27.2. The Balaban J connectivity index is 1.10. The third-order valence-electron chi connectivity index (χ3n) is 9.61. The molecule has 10 aromatic rings. The van der Waals surface area contributed by atoms with Crippen molar-refractivity contribution in [2.45, 2.75) is 0 Å². The van der Waals surface area contributed by atoms with Gasteiger partial charge in [0.1, 0.15) is 11.2 Å². The molecule has 0 aliphatic rings. The molecule has 2 heterocycles. The normalized spacial score (nSPS) is 12.9. The van der Waals surface area contributed by atoms with Gasteiger partial charge >= 0.3 is 0 Å². The van der Waals surface area contributed by atoms with Gasteiger partial charge in [-0.05, 0) is 56.4 Å². The fraction of sp³-hybridized carbons (Fsp3) is 0. The minimum atomic E-state index is -0.466. The Labute approximate surface area is 302 Å². The van der Waals surface area contributed by atoms with E-state index in [9.17, 15) is 0 Å². The van der Waals surface area contributed by atoms with Gasteiger partial charge in [0.05, 0.1) is 18.2 Å². The summed E-state index contributed by atoms with van der Waals surface area (Å²) in [6.45, 7) is 0. The Kier molecular flexibility index (Phi) is 5.69. The molecular weight excluding hydrogens is 621 g/mol. The number of hydrogen-bond acceptors (Lipinski definition) is 3. The molecule has 0 unspecified atom stereocenters. The van der Waals surface area contributed by atoms with Gasteiger partial charge in [0.25, 0.3) is 0 Å². The third kappa shape index (κ3) is 5.06. The van der Waals surface area contributed by atoms with E-state index in [0.29, 0.717) is 11.4 Å². The van der Waals surface area contributed by atoms with Crippen LogP contribution < -0.4 is 0 Å². The molecule has 0 amide bonds. The summed E-state index contributed by atoms with van der Waals surface area (Å²) in [6.07, 6.45) is 0. The highest BCUT2D eigenvalue weighted by atomic mass is 16.3. The van der Waals surface area contributed by atoms with Gasteiger partial charge < -0.3 is 4.42 Å². The van der Waals surface area contributed by atoms with Crippen molar-refractivity contribution in [2.24, 2.45) is 0 Å². The van der Waals surface area contributed by atoms with Gasteiger partial charge in [-0.25, -0.2) is 9.97 Å². The van der Waals surface area contributed by atoms with Crippen LogP contribution >= 0.6 is 0 Å². The Morgan fingerprint density at radius 3 is 1.71 bits per heavy atom. The van der Waals surface area contributed by atoms with E-state index in [2.05, 4.69) is 78.9 Å². The lowest BCUT2D eigenvalue weighted by Crippen LogP contribution is -1.96. The van der Waals surface area contributed by atoms with Crippen LogP contribution in [-0.2, 0) is 0 Å². The standard InChI is InChI=1S/C48H30N2O/c1-2-11-35(12-3-1)48-49-44(33-25-21-31(22-26-33)38-18-10-19-42-41-17-8-9-20-46(41)51-47(38)42)30-45(50-48)34-27-23-32(24-28-34)43-29-36-13-4-5-14-37(36)39-15-6-7-16-40(39)43/h1-30H/i1D,2D,3D,11D,12D. The number of benzene rings is 8. The number of para-hydroxylation sites is 2. The molecule has 0 atom stereocenters. The number of furan rings is 1. The molecule has 2 aromatic heterocycles. The molecule has 3 nitrogen and oxygen atoms in total. The van der Waals surface area contributed by atoms with Gasteiger partial charge in [0.2, 0.25) is 0 Å². The molecule has 0 fully saturated rings. The summed E-state index contributed by atoms with van der Waals surface area (Å²) in [5.41, 5.74) is 8.38. The van der Waals surface area contributed by atoms with Crippen LogP contribution in [0.15, 0.2) is 186 Å². The molecule has 51 heavy (non-hydrogen) atoms. The first kappa shape index (κ1) is 24.3. The van der Waals surface area contributed by atoms with Crippen LogP contribution in [0.25, 0.3) is 99.6 Å². The zero-order valence-electron chi connectivity index (χ0n) is 32.2. The topological polar surface area (TPSA) is 38.9 Å². The summed E-state index contributed by atoms with van der Waals surface area (Å²) in [5, 5.41) is 6.82. The first-order valence-corrected chi connectivity index (χ1v) is 16.8. The van der Waals surface area contributed by atoms with Crippen LogP contribution in [-0.4, -0.2) is 9.97 Å². The summed E-state index contributed by atoms with van der Waals surface area (Å²) in [6, 6.07) is 49.2. The second-order valence-corrected chi connectivity index (χ2v) is 12.6. The maximum absolute atomic E-state index is 8.74. The Morgan fingerprint density at radius 2 is 0.980 bits per heavy atom. The molecule has 0 saturated heterocycles. The van der Waals surface area contributed by atoms with Crippen molar-refractivity contribution in [3.05, 3.63) is 182 Å². The van der Waals surface area contributed by atoms with Gasteiger partial charge in [0.15, 0.2) is 5.82 Å². The molecule has 0 N–H and O–H groups in total. The number of aromatic nitrogens is 2. The van der Waals surface area contributed by atoms with Crippen molar-refractivity contribution in [3.63, 3.8) is 0 Å². The van der Waals surface area contributed by atoms with E-state index in [0.717, 1.165) is 66.1 Å². The largest absolute Gasteiger partial charge is 0.455 e. The number of hydrogen-bond donors (Lipinski definition) is 0. The molecule has 8 aromatic carbocycles. The van der Waals surface area contributed by atoms with Crippen LogP contribution in [0.1, 0.15) is 6.85 Å². The molecule has 238 valence electrons. The lowest BCUT2D eigenvalue weighted by molar-refractivity contribution is 0.670. The van der Waals surface area contributed by atoms with Gasteiger partial charge in [-0.2, -0.15) is 0 Å². The third-order valence-corrected chi connectivity index (χ3v) is 9.61. The van der Waals surface area contributed by atoms with Crippen molar-refractivity contribution in [1.82, 2.24) is 9.97 Å². The van der Waals surface area contributed by atoms with Gasteiger partial charge in [-0.3, -0.25) is 0 Å². The van der Waals surface area contributed by atoms with Crippen molar-refractivity contribution >= 4 is 43.5 Å². The van der Waals surface area contributed by atoms with E-state index in [1.54, 1.807) is 0 Å². The quantitative estimate of drug-likeness (QED) is 0.173. The fourth-order valence-electron chi connectivity index (χ4n) is 7.13. The predicted molar refractivity (Wildman–Crippen MR) is 212 cm³/mol. The van der Waals surface area contributed by atoms with E-state index < -0.39 is 18.1 Å². The van der Waals surface area contributed by atoms with Crippen LogP contribution in [0.2, 0.25) is 0 Å². The molecule has 0 radical (unpaired) electrons. The van der Waals surface area contributed by atoms with E-state index >= 15 is 0 Å². The molecule has 0 aliphatic heterocycles. The van der Waals surface area contributed by atoms with Crippen LogP contribution in [0.4, 0.5) is 0 Å². The molecule has 0 spiro atoms. The molecular formula is C48H30N2O. The lowest BCUT2D eigenvalue weighted by Gasteiger charge is -2.13. The SMILES string of the molecule is [2H]c1c([2H])c([2H])c(-c2nc(-c3ccc(-c4cc5ccccc5c5ccccc45)cc3)cc(-c3ccc(-c4cccc5c4oc4ccccc45)cc3)n2)c([2H])c1[2H]. The van der Waals surface area contributed by atoms with E-state index in [1.807, 2.05) is 72.8 Å². The summed E-state index contributed by atoms with van der Waals surface area (Å²) < 4.78 is 48.7. The molecule has 0 bridgehead atoms. The summed E-state index contributed by atoms with van der Waals surface area (Å²) in [5.74, 6) is 0.0511. The maximum atomic E-state index is 8.74. The fourth-order valence-corrected chi connectivity index (χ4v) is 7.13. The zero-order chi connectivity index (χ0) is 38.1. The van der Waals surface area contributed by atoms with E-state index in [-0.39, 0.29) is 23.5 Å². The summed E-state index contributed by atoms with van der Waals surface area (Å²) in [4.78, 5) is 9.70. The first-order valence-electron chi connectivity index (χ1n) is 19.3. The maximum Gasteiger partial charge on any atom is 0.160 e. The van der Waals surface area contributed by atoms with Crippen molar-refractivity contribution in [2.75, 3.05) is 0 Å². The predicted octanol–water partition coefficient (Wildman–Crippen LogP) is 13.0. The minimum Gasteiger partial charge on any atom is -0.455 e. The van der Waals surface area contributed by atoms with Crippen molar-refractivity contribution in [1.29, 1.82) is 0 Å². The van der Waals surface area contributed by atoms with Gasteiger partial charge in [0, 0.05) is 33.0 Å². The van der Waals surface area contributed by atoms with Gasteiger partial charge in [-0.1, -0.05) is 164 Å². The Hall–Kier alpha value is -6.84. The molecule has 3 heteroatoms. The van der Waals surface area contributed by atoms with E-state index in [4.69, 9.17) is 21.2 Å². The highest BCUT2D eigenvalue weighted by molar-refractivity contribution is 6.14. The van der Waals surface area contributed by atoms with E-state index in [1.165, 1.54) is 10.8 Å². The average Bonchev–Trinajstić information content (AvgIpc) is 3.64. The molecule has 0 saturated carbocycles. The number of fused-ring (bicyclic) bond motifs is 6. The highest BCUT2D eigenvalue weighted by Crippen LogP contribution is 2.38. The highest BCUT2D eigenvalue weighted by Gasteiger charge is 2.15. The van der Waals surface area contributed by atoms with Crippen molar-refractivity contribution < 1.29 is 11.3 Å². The molecule has 0 aliphatic carbocycles. The smallest absolute Gasteiger partial charge is 0.160 e. The minimum absolute atomic E-state index is 0.0495. The second kappa shape index (κ2) is 11.9. The van der Waals surface area contributed by atoms with Crippen LogP contribution in [0.5, 0.6) is 0 Å².